The van der Waals surface area contributed by atoms with Gasteiger partial charge in [-0.15, -0.1) is 0 Å². The molecule has 1 spiro atoms. The first kappa shape index (κ1) is 18.1. The van der Waals surface area contributed by atoms with Gasteiger partial charge in [0.1, 0.15) is 5.75 Å². The third-order valence-corrected chi connectivity index (χ3v) is 6.81. The Morgan fingerprint density at radius 2 is 1.94 bits per heavy atom. The molecule has 6 nitrogen and oxygen atoms in total. The van der Waals surface area contributed by atoms with Crippen LogP contribution in [-0.2, 0) is 5.54 Å². The zero-order valence-electron chi connectivity index (χ0n) is 17.4. The predicted molar refractivity (Wildman–Crippen MR) is 121 cm³/mol. The van der Waals surface area contributed by atoms with E-state index in [9.17, 15) is 4.79 Å². The second kappa shape index (κ2) is 6.67. The van der Waals surface area contributed by atoms with Crippen LogP contribution in [-0.4, -0.2) is 40.6 Å². The van der Waals surface area contributed by atoms with Crippen LogP contribution in [0.3, 0.4) is 0 Å². The Bertz CT molecular complexity index is 1290. The van der Waals surface area contributed by atoms with Crippen molar-refractivity contribution in [3.8, 4) is 11.4 Å². The molecule has 0 radical (unpaired) electrons. The van der Waals surface area contributed by atoms with E-state index < -0.39 is 0 Å². The number of anilines is 1. The lowest BCUT2D eigenvalue weighted by molar-refractivity contribution is 0.0678. The van der Waals surface area contributed by atoms with Crippen molar-refractivity contribution in [2.75, 3.05) is 25.5 Å². The number of fused-ring (bicyclic) bond motifs is 5. The Hall–Kier alpha value is -3.67. The highest BCUT2D eigenvalue weighted by molar-refractivity contribution is 6.06. The van der Waals surface area contributed by atoms with Gasteiger partial charge < -0.3 is 24.5 Å². The highest BCUT2D eigenvalue weighted by Gasteiger charge is 2.42. The van der Waals surface area contributed by atoms with E-state index in [-0.39, 0.29) is 11.4 Å². The van der Waals surface area contributed by atoms with Crippen LogP contribution in [0.1, 0.15) is 28.9 Å². The molecule has 0 saturated carbocycles. The number of amides is 1. The summed E-state index contributed by atoms with van der Waals surface area (Å²) >= 11 is 0. The lowest BCUT2D eigenvalue weighted by Crippen LogP contribution is -2.51. The molecule has 1 amide bonds. The molecule has 1 fully saturated rings. The molecule has 2 aliphatic heterocycles. The van der Waals surface area contributed by atoms with E-state index in [1.165, 1.54) is 5.69 Å². The summed E-state index contributed by atoms with van der Waals surface area (Å²) in [6, 6.07) is 18.3. The third-order valence-electron chi connectivity index (χ3n) is 6.81. The normalized spacial score (nSPS) is 16.6. The van der Waals surface area contributed by atoms with Crippen LogP contribution >= 0.6 is 0 Å². The van der Waals surface area contributed by atoms with Crippen molar-refractivity contribution in [3.05, 3.63) is 78.2 Å². The SMILES string of the molecule is COc1ccc2c(c1)NC1(CCN(C(=O)c3cccc4[nH]ccc34)CC1)c1cccn1-2. The van der Waals surface area contributed by atoms with Crippen LogP contribution < -0.4 is 10.1 Å². The first-order chi connectivity index (χ1) is 15.2. The summed E-state index contributed by atoms with van der Waals surface area (Å²) in [5.41, 5.74) is 5.02. The summed E-state index contributed by atoms with van der Waals surface area (Å²) in [4.78, 5) is 18.5. The molecule has 2 aliphatic rings. The maximum atomic E-state index is 13.3. The summed E-state index contributed by atoms with van der Waals surface area (Å²) in [5, 5.41) is 4.80. The molecule has 0 aliphatic carbocycles. The van der Waals surface area contributed by atoms with E-state index in [4.69, 9.17) is 4.74 Å². The van der Waals surface area contributed by atoms with Crippen LogP contribution in [0.2, 0.25) is 0 Å². The van der Waals surface area contributed by atoms with Gasteiger partial charge in [0.15, 0.2) is 0 Å². The number of nitrogens with one attached hydrogen (secondary N) is 2. The number of H-pyrrole nitrogens is 1. The van der Waals surface area contributed by atoms with Crippen molar-refractivity contribution < 1.29 is 9.53 Å². The number of nitrogens with zero attached hydrogens (tertiary/aromatic N) is 2. The zero-order valence-corrected chi connectivity index (χ0v) is 17.4. The molecule has 1 saturated heterocycles. The smallest absolute Gasteiger partial charge is 0.254 e. The first-order valence-corrected chi connectivity index (χ1v) is 10.7. The molecule has 156 valence electrons. The maximum Gasteiger partial charge on any atom is 0.254 e. The molecule has 4 aromatic rings. The van der Waals surface area contributed by atoms with Gasteiger partial charge in [-0.05, 0) is 55.3 Å². The van der Waals surface area contributed by atoms with Crippen molar-refractivity contribution in [1.29, 1.82) is 0 Å². The van der Waals surface area contributed by atoms with Gasteiger partial charge in [0.2, 0.25) is 0 Å². The summed E-state index contributed by atoms with van der Waals surface area (Å²) in [6.45, 7) is 1.41. The number of carbonyl (C=O) groups excluding carboxylic acids is 1. The molecule has 31 heavy (non-hydrogen) atoms. The summed E-state index contributed by atoms with van der Waals surface area (Å²) in [5.74, 6) is 0.942. The van der Waals surface area contributed by atoms with Crippen molar-refractivity contribution in [1.82, 2.24) is 14.5 Å². The highest BCUT2D eigenvalue weighted by atomic mass is 16.5. The molecular formula is C25H24N4O2. The number of piperidine rings is 1. The average Bonchev–Trinajstić information content (AvgIpc) is 3.49. The second-order valence-electron chi connectivity index (χ2n) is 8.39. The number of hydrogen-bond acceptors (Lipinski definition) is 3. The van der Waals surface area contributed by atoms with E-state index in [1.54, 1.807) is 7.11 Å². The van der Waals surface area contributed by atoms with Gasteiger partial charge in [0, 0.05) is 53.7 Å². The number of ether oxygens (including phenoxy) is 1. The monoisotopic (exact) mass is 412 g/mol. The first-order valence-electron chi connectivity index (χ1n) is 10.7. The van der Waals surface area contributed by atoms with E-state index in [0.29, 0.717) is 13.1 Å². The van der Waals surface area contributed by atoms with Gasteiger partial charge in [-0.25, -0.2) is 0 Å². The number of methoxy groups -OCH3 is 1. The third kappa shape index (κ3) is 2.68. The van der Waals surface area contributed by atoms with Crippen molar-refractivity contribution >= 4 is 22.5 Å². The van der Waals surface area contributed by atoms with E-state index in [1.807, 2.05) is 41.4 Å². The maximum absolute atomic E-state index is 13.3. The topological polar surface area (TPSA) is 62.3 Å². The number of hydrogen-bond donors (Lipinski definition) is 2. The Kier molecular flexibility index (Phi) is 3.90. The fourth-order valence-corrected chi connectivity index (χ4v) is 5.17. The fraction of sp³-hybridized carbons (Fsp3) is 0.240. The Balaban J connectivity index is 1.30. The Labute approximate surface area is 180 Å². The van der Waals surface area contributed by atoms with Crippen LogP contribution in [0, 0.1) is 0 Å². The van der Waals surface area contributed by atoms with Crippen LogP contribution in [0.5, 0.6) is 5.75 Å². The average molecular weight is 412 g/mol. The minimum absolute atomic E-state index is 0.105. The molecule has 0 unspecified atom stereocenters. The molecular weight excluding hydrogens is 388 g/mol. The van der Waals surface area contributed by atoms with E-state index in [0.717, 1.165) is 46.4 Å². The van der Waals surface area contributed by atoms with Gasteiger partial charge >= 0.3 is 0 Å². The Morgan fingerprint density at radius 3 is 2.77 bits per heavy atom. The van der Waals surface area contributed by atoms with Crippen LogP contribution in [0.25, 0.3) is 16.6 Å². The lowest BCUT2D eigenvalue weighted by Gasteiger charge is -2.46. The van der Waals surface area contributed by atoms with Crippen molar-refractivity contribution in [3.63, 3.8) is 0 Å². The molecule has 2 aromatic carbocycles. The number of rotatable bonds is 2. The predicted octanol–water partition coefficient (Wildman–Crippen LogP) is 4.52. The van der Waals surface area contributed by atoms with Crippen molar-refractivity contribution in [2.24, 2.45) is 0 Å². The van der Waals surface area contributed by atoms with Gasteiger partial charge in [-0.1, -0.05) is 6.07 Å². The van der Waals surface area contributed by atoms with Gasteiger partial charge in [0.05, 0.1) is 24.0 Å². The molecule has 2 N–H and O–H groups in total. The number of aromatic nitrogens is 2. The molecule has 0 atom stereocenters. The molecule has 2 aromatic heterocycles. The summed E-state index contributed by atoms with van der Waals surface area (Å²) in [7, 11) is 1.69. The molecule has 6 heteroatoms. The summed E-state index contributed by atoms with van der Waals surface area (Å²) in [6.07, 6.45) is 5.71. The number of aromatic amines is 1. The fourth-order valence-electron chi connectivity index (χ4n) is 5.17. The van der Waals surface area contributed by atoms with Crippen LogP contribution in [0.4, 0.5) is 5.69 Å². The number of benzene rings is 2. The van der Waals surface area contributed by atoms with Crippen LogP contribution in [0.15, 0.2) is 67.0 Å². The summed E-state index contributed by atoms with van der Waals surface area (Å²) < 4.78 is 7.71. The van der Waals surface area contributed by atoms with Gasteiger partial charge in [0.25, 0.3) is 5.91 Å². The van der Waals surface area contributed by atoms with Gasteiger partial charge in [-0.2, -0.15) is 0 Å². The standard InChI is InChI=1S/C25H24N4O2/c1-31-17-7-8-22-21(16-17)27-25(23-6-3-13-29(22)23)10-14-28(15-11-25)24(30)19-4-2-5-20-18(19)9-12-26-20/h2-9,12-13,16,26-27H,10-11,14-15H2,1H3. The van der Waals surface area contributed by atoms with Gasteiger partial charge in [-0.3, -0.25) is 4.79 Å². The van der Waals surface area contributed by atoms with E-state index >= 15 is 0 Å². The minimum atomic E-state index is -0.195. The van der Waals surface area contributed by atoms with Crippen molar-refractivity contribution in [2.45, 2.75) is 18.4 Å². The largest absolute Gasteiger partial charge is 0.497 e. The lowest BCUT2D eigenvalue weighted by atomic mass is 9.82. The highest BCUT2D eigenvalue weighted by Crippen LogP contribution is 2.44. The van der Waals surface area contributed by atoms with E-state index in [2.05, 4.69) is 45.3 Å². The molecule has 6 rings (SSSR count). The molecule has 0 bridgehead atoms. The zero-order chi connectivity index (χ0) is 21.0. The molecule has 4 heterocycles. The second-order valence-corrected chi connectivity index (χ2v) is 8.39. The number of carbonyl (C=O) groups is 1. The quantitative estimate of drug-likeness (QED) is 0.509. The Morgan fingerprint density at radius 1 is 1.06 bits per heavy atom. The number of likely N-dealkylation sites (tertiary alicyclic amines) is 1. The minimum Gasteiger partial charge on any atom is -0.497 e.